The summed E-state index contributed by atoms with van der Waals surface area (Å²) >= 11 is 0. The van der Waals surface area contributed by atoms with Crippen molar-refractivity contribution in [1.29, 1.82) is 0 Å². The number of carbonyl (C=O) groups excluding carboxylic acids is 3. The van der Waals surface area contributed by atoms with Crippen LogP contribution in [0.15, 0.2) is 60.7 Å². The fraction of sp³-hybridized carbons (Fsp3) is 0.333. The summed E-state index contributed by atoms with van der Waals surface area (Å²) in [5.41, 5.74) is 1.30. The molecule has 0 bridgehead atoms. The molecular weight excluding hydrogens is 396 g/mol. The molecule has 162 valence electrons. The summed E-state index contributed by atoms with van der Waals surface area (Å²) in [6.45, 7) is 0.407. The van der Waals surface area contributed by atoms with E-state index in [1.165, 1.54) is 4.90 Å². The molecule has 7 heteroatoms. The van der Waals surface area contributed by atoms with Gasteiger partial charge in [0.05, 0.1) is 6.04 Å². The summed E-state index contributed by atoms with van der Waals surface area (Å²) in [5.74, 6) is -1.77. The van der Waals surface area contributed by atoms with Gasteiger partial charge in [0, 0.05) is 31.4 Å². The normalized spacial score (nSPS) is 16.5. The van der Waals surface area contributed by atoms with E-state index in [0.29, 0.717) is 24.9 Å². The molecule has 2 amide bonds. The first-order valence-electron chi connectivity index (χ1n) is 10.4. The first kappa shape index (κ1) is 22.2. The van der Waals surface area contributed by atoms with Crippen molar-refractivity contribution in [3.63, 3.8) is 0 Å². The molecule has 1 unspecified atom stereocenters. The Labute approximate surface area is 181 Å². The SMILES string of the molecule is O=C(CCC(=O)N1CCC[C@H]1C(=O)O)CC(NC(=O)c1ccccc1)c1ccccc1. The highest BCUT2D eigenvalue weighted by atomic mass is 16.4. The van der Waals surface area contributed by atoms with Gasteiger partial charge in [0.1, 0.15) is 11.8 Å². The lowest BCUT2D eigenvalue weighted by Gasteiger charge is -2.22. The van der Waals surface area contributed by atoms with E-state index in [4.69, 9.17) is 0 Å². The third-order valence-electron chi connectivity index (χ3n) is 5.45. The van der Waals surface area contributed by atoms with Crippen LogP contribution in [0.2, 0.25) is 0 Å². The van der Waals surface area contributed by atoms with E-state index in [2.05, 4.69) is 5.32 Å². The van der Waals surface area contributed by atoms with Crippen LogP contribution in [0.25, 0.3) is 0 Å². The molecule has 2 atom stereocenters. The highest BCUT2D eigenvalue weighted by molar-refractivity contribution is 5.95. The average molecular weight is 422 g/mol. The number of hydrogen-bond acceptors (Lipinski definition) is 4. The van der Waals surface area contributed by atoms with Gasteiger partial charge in [-0.1, -0.05) is 48.5 Å². The Balaban J connectivity index is 1.61. The Kier molecular flexibility index (Phi) is 7.54. The zero-order valence-corrected chi connectivity index (χ0v) is 17.2. The minimum Gasteiger partial charge on any atom is -0.480 e. The summed E-state index contributed by atoms with van der Waals surface area (Å²) in [6.07, 6.45) is 1.12. The lowest BCUT2D eigenvalue weighted by Crippen LogP contribution is -2.40. The lowest BCUT2D eigenvalue weighted by atomic mass is 9.98. The van der Waals surface area contributed by atoms with Crippen molar-refractivity contribution in [3.05, 3.63) is 71.8 Å². The van der Waals surface area contributed by atoms with Gasteiger partial charge in [-0.15, -0.1) is 0 Å². The predicted molar refractivity (Wildman–Crippen MR) is 114 cm³/mol. The smallest absolute Gasteiger partial charge is 0.326 e. The molecule has 0 aromatic heterocycles. The van der Waals surface area contributed by atoms with E-state index < -0.39 is 18.1 Å². The van der Waals surface area contributed by atoms with Gasteiger partial charge in [-0.2, -0.15) is 0 Å². The second kappa shape index (κ2) is 10.5. The second-order valence-corrected chi connectivity index (χ2v) is 7.63. The average Bonchev–Trinajstić information content (AvgIpc) is 3.29. The highest BCUT2D eigenvalue weighted by Gasteiger charge is 2.33. The molecule has 1 fully saturated rings. The molecule has 2 aromatic carbocycles. The second-order valence-electron chi connectivity index (χ2n) is 7.63. The van der Waals surface area contributed by atoms with Gasteiger partial charge in [-0.05, 0) is 30.5 Å². The maximum Gasteiger partial charge on any atom is 0.326 e. The van der Waals surface area contributed by atoms with Gasteiger partial charge in [0.2, 0.25) is 5.91 Å². The number of aliphatic carboxylic acids is 1. The number of benzene rings is 2. The molecule has 0 radical (unpaired) electrons. The van der Waals surface area contributed by atoms with Crippen molar-refractivity contribution >= 4 is 23.6 Å². The number of nitrogens with one attached hydrogen (secondary N) is 1. The third-order valence-corrected chi connectivity index (χ3v) is 5.45. The molecule has 1 aliphatic rings. The van der Waals surface area contributed by atoms with Crippen molar-refractivity contribution in [3.8, 4) is 0 Å². The van der Waals surface area contributed by atoms with Crippen LogP contribution >= 0.6 is 0 Å². The summed E-state index contributed by atoms with van der Waals surface area (Å²) in [6, 6.07) is 16.7. The number of amides is 2. The predicted octanol–water partition coefficient (Wildman–Crippen LogP) is 2.97. The van der Waals surface area contributed by atoms with Crippen LogP contribution in [-0.4, -0.2) is 46.2 Å². The topological polar surface area (TPSA) is 104 Å². The maximum atomic E-state index is 12.6. The first-order valence-corrected chi connectivity index (χ1v) is 10.4. The van der Waals surface area contributed by atoms with Gasteiger partial charge in [0.15, 0.2) is 0 Å². The highest BCUT2D eigenvalue weighted by Crippen LogP contribution is 2.21. The van der Waals surface area contributed by atoms with Crippen LogP contribution in [0.1, 0.15) is 54.1 Å². The van der Waals surface area contributed by atoms with Gasteiger partial charge in [-0.25, -0.2) is 4.79 Å². The Morgan fingerprint density at radius 2 is 1.61 bits per heavy atom. The van der Waals surface area contributed by atoms with E-state index in [0.717, 1.165) is 5.56 Å². The lowest BCUT2D eigenvalue weighted by molar-refractivity contribution is -0.148. The quantitative estimate of drug-likeness (QED) is 0.647. The Morgan fingerprint density at radius 1 is 0.968 bits per heavy atom. The van der Waals surface area contributed by atoms with Crippen molar-refractivity contribution in [1.82, 2.24) is 10.2 Å². The number of nitrogens with zero attached hydrogens (tertiary/aromatic N) is 1. The monoisotopic (exact) mass is 422 g/mol. The molecule has 0 saturated carbocycles. The van der Waals surface area contributed by atoms with Crippen LogP contribution in [0.5, 0.6) is 0 Å². The van der Waals surface area contributed by atoms with E-state index in [-0.39, 0.29) is 36.9 Å². The van der Waals surface area contributed by atoms with E-state index in [1.807, 2.05) is 36.4 Å². The van der Waals surface area contributed by atoms with E-state index >= 15 is 0 Å². The fourth-order valence-corrected chi connectivity index (χ4v) is 3.81. The fourth-order valence-electron chi connectivity index (χ4n) is 3.81. The molecule has 2 aromatic rings. The van der Waals surface area contributed by atoms with Crippen molar-refractivity contribution < 1.29 is 24.3 Å². The minimum atomic E-state index is -1.01. The number of ketones is 1. The molecule has 2 N–H and O–H groups in total. The molecule has 31 heavy (non-hydrogen) atoms. The van der Waals surface area contributed by atoms with Crippen LogP contribution in [0.4, 0.5) is 0 Å². The summed E-state index contributed by atoms with van der Waals surface area (Å²) in [5, 5.41) is 12.1. The van der Waals surface area contributed by atoms with Gasteiger partial charge in [-0.3, -0.25) is 14.4 Å². The van der Waals surface area contributed by atoms with Crippen molar-refractivity contribution in [2.45, 2.75) is 44.2 Å². The molecule has 1 heterocycles. The zero-order valence-electron chi connectivity index (χ0n) is 17.2. The largest absolute Gasteiger partial charge is 0.480 e. The number of carbonyl (C=O) groups is 4. The number of carboxylic acid groups (broad SMARTS) is 1. The standard InChI is InChI=1S/C24H26N2O5/c27-19(13-14-22(28)26-15-7-12-21(26)24(30)31)16-20(17-8-3-1-4-9-17)25-23(29)18-10-5-2-6-11-18/h1-6,8-11,20-21H,7,12-16H2,(H,25,29)(H,30,31)/t20?,21-/m0/s1. The molecular formula is C24H26N2O5. The number of hydrogen-bond donors (Lipinski definition) is 2. The first-order chi connectivity index (χ1) is 15.0. The zero-order chi connectivity index (χ0) is 22.2. The number of rotatable bonds is 9. The summed E-state index contributed by atoms with van der Waals surface area (Å²) in [4.78, 5) is 50.3. The molecule has 0 aliphatic carbocycles. The molecule has 0 spiro atoms. The van der Waals surface area contributed by atoms with Crippen LogP contribution in [-0.2, 0) is 14.4 Å². The molecule has 1 aliphatic heterocycles. The number of likely N-dealkylation sites (tertiary alicyclic amines) is 1. The Hall–Kier alpha value is -3.48. The van der Waals surface area contributed by atoms with Crippen molar-refractivity contribution in [2.24, 2.45) is 0 Å². The van der Waals surface area contributed by atoms with Gasteiger partial charge in [0.25, 0.3) is 5.91 Å². The van der Waals surface area contributed by atoms with E-state index in [9.17, 15) is 24.3 Å². The van der Waals surface area contributed by atoms with Crippen LogP contribution < -0.4 is 5.32 Å². The van der Waals surface area contributed by atoms with Gasteiger partial charge < -0.3 is 15.3 Å². The Bertz CT molecular complexity index is 930. The number of Topliss-reactive ketones (excluding diaryl/α,β-unsaturated/α-hetero) is 1. The van der Waals surface area contributed by atoms with Crippen LogP contribution in [0, 0.1) is 0 Å². The minimum absolute atomic E-state index is 0.00616. The summed E-state index contributed by atoms with van der Waals surface area (Å²) < 4.78 is 0. The Morgan fingerprint density at radius 3 is 2.26 bits per heavy atom. The van der Waals surface area contributed by atoms with Crippen molar-refractivity contribution in [2.75, 3.05) is 6.54 Å². The molecule has 7 nitrogen and oxygen atoms in total. The molecule has 3 rings (SSSR count). The summed E-state index contributed by atoms with van der Waals surface area (Å²) in [7, 11) is 0. The van der Waals surface area contributed by atoms with Crippen LogP contribution in [0.3, 0.4) is 0 Å². The van der Waals surface area contributed by atoms with Gasteiger partial charge >= 0.3 is 5.97 Å². The number of carboxylic acids is 1. The maximum absolute atomic E-state index is 12.6. The third kappa shape index (κ3) is 6.01. The van der Waals surface area contributed by atoms with E-state index in [1.54, 1.807) is 24.3 Å². The molecule has 1 saturated heterocycles.